The molecule has 0 radical (unpaired) electrons. The minimum atomic E-state index is -0.362. The molecule has 1 aliphatic heterocycles. The summed E-state index contributed by atoms with van der Waals surface area (Å²) in [5.41, 5.74) is 1.81. The first kappa shape index (κ1) is 18.5. The maximum absolute atomic E-state index is 13.0. The molecule has 1 unspecified atom stereocenters. The Morgan fingerprint density at radius 1 is 1.20 bits per heavy atom. The molecule has 152 valence electrons. The number of hydrogen-bond acceptors (Lipinski definition) is 6. The third-order valence-electron chi connectivity index (χ3n) is 6.16. The lowest BCUT2D eigenvalue weighted by molar-refractivity contribution is 0.0624. The van der Waals surface area contributed by atoms with Crippen LogP contribution in [-0.4, -0.2) is 48.9 Å². The molecule has 1 amide bonds. The van der Waals surface area contributed by atoms with Crippen molar-refractivity contribution in [2.45, 2.75) is 31.1 Å². The van der Waals surface area contributed by atoms with Gasteiger partial charge in [-0.25, -0.2) is 9.97 Å². The number of piperidine rings is 1. The van der Waals surface area contributed by atoms with E-state index in [1.54, 1.807) is 29.4 Å². The number of aromatic nitrogens is 4. The van der Waals surface area contributed by atoms with Crippen molar-refractivity contribution in [3.8, 4) is 17.1 Å². The van der Waals surface area contributed by atoms with Gasteiger partial charge >= 0.3 is 0 Å². The molecule has 3 aromatic rings. The van der Waals surface area contributed by atoms with E-state index in [0.717, 1.165) is 30.5 Å². The number of rotatable bonds is 2. The van der Waals surface area contributed by atoms with Gasteiger partial charge in [0.2, 0.25) is 0 Å². The van der Waals surface area contributed by atoms with Crippen molar-refractivity contribution in [2.24, 2.45) is 0 Å². The Balaban J connectivity index is 1.52. The number of nitrogens with zero attached hydrogens (tertiary/aromatic N) is 4. The van der Waals surface area contributed by atoms with Crippen LogP contribution in [0.15, 0.2) is 47.7 Å². The first-order chi connectivity index (χ1) is 14.6. The molecular formula is C22H21N5O3. The van der Waals surface area contributed by atoms with E-state index in [1.807, 2.05) is 6.07 Å². The third kappa shape index (κ3) is 2.96. The molecule has 4 heterocycles. The van der Waals surface area contributed by atoms with E-state index < -0.39 is 0 Å². The zero-order chi connectivity index (χ0) is 20.7. The smallest absolute Gasteiger partial charge is 0.276 e. The summed E-state index contributed by atoms with van der Waals surface area (Å²) < 4.78 is 0. The Bertz CT molecular complexity index is 1180. The number of likely N-dealkylation sites (tertiary alicyclic amines) is 1. The van der Waals surface area contributed by atoms with E-state index in [9.17, 15) is 14.7 Å². The molecule has 0 saturated carbocycles. The van der Waals surface area contributed by atoms with Crippen molar-refractivity contribution in [3.63, 3.8) is 0 Å². The highest BCUT2D eigenvalue weighted by atomic mass is 16.3. The molecule has 2 aliphatic rings. The summed E-state index contributed by atoms with van der Waals surface area (Å²) in [6.45, 7) is 1.04. The first-order valence-electron chi connectivity index (χ1n) is 10.0. The van der Waals surface area contributed by atoms with E-state index in [2.05, 4.69) is 15.0 Å². The maximum Gasteiger partial charge on any atom is 0.276 e. The average molecular weight is 403 g/mol. The van der Waals surface area contributed by atoms with Crippen LogP contribution in [0.1, 0.15) is 41.0 Å². The third-order valence-corrected chi connectivity index (χ3v) is 6.16. The van der Waals surface area contributed by atoms with Crippen molar-refractivity contribution in [1.29, 1.82) is 0 Å². The van der Waals surface area contributed by atoms with E-state index in [-0.39, 0.29) is 28.3 Å². The zero-order valence-corrected chi connectivity index (χ0v) is 16.3. The van der Waals surface area contributed by atoms with Crippen molar-refractivity contribution in [3.05, 3.63) is 70.2 Å². The van der Waals surface area contributed by atoms with Gasteiger partial charge in [0.1, 0.15) is 11.6 Å². The Morgan fingerprint density at radius 3 is 2.87 bits per heavy atom. The second kappa shape index (κ2) is 7.05. The van der Waals surface area contributed by atoms with E-state index in [1.165, 1.54) is 12.3 Å². The zero-order valence-electron chi connectivity index (χ0n) is 16.3. The normalized spacial score (nSPS) is 20.3. The van der Waals surface area contributed by atoms with Gasteiger partial charge < -0.3 is 15.0 Å². The van der Waals surface area contributed by atoms with Crippen molar-refractivity contribution < 1.29 is 9.90 Å². The van der Waals surface area contributed by atoms with E-state index in [4.69, 9.17) is 4.98 Å². The molecule has 1 aliphatic carbocycles. The predicted octanol–water partition coefficient (Wildman–Crippen LogP) is 2.05. The Morgan fingerprint density at radius 2 is 2.07 bits per heavy atom. The standard InChI is InChI=1S/C22H21N5O3/c28-16-5-2-10-24-17(16)21(30)27-11-3-7-22(13-27)8-6-15-18(22)25-19(26-20(15)29)14-4-1-9-23-12-14/h1-2,4-5,9-10,12,28H,3,6-8,11,13H2,(H,25,26,29). The van der Waals surface area contributed by atoms with Crippen LogP contribution in [0.2, 0.25) is 0 Å². The number of hydrogen-bond donors (Lipinski definition) is 2. The van der Waals surface area contributed by atoms with Gasteiger partial charge in [-0.15, -0.1) is 0 Å². The topological polar surface area (TPSA) is 112 Å². The van der Waals surface area contributed by atoms with Crippen molar-refractivity contribution in [1.82, 2.24) is 24.8 Å². The van der Waals surface area contributed by atoms with E-state index in [0.29, 0.717) is 30.9 Å². The summed E-state index contributed by atoms with van der Waals surface area (Å²) in [6, 6.07) is 6.72. The van der Waals surface area contributed by atoms with Crippen LogP contribution < -0.4 is 5.56 Å². The number of amides is 1. The summed E-state index contributed by atoms with van der Waals surface area (Å²) in [5, 5.41) is 10.1. The van der Waals surface area contributed by atoms with Crippen molar-refractivity contribution >= 4 is 5.91 Å². The predicted molar refractivity (Wildman–Crippen MR) is 109 cm³/mol. The molecule has 1 spiro atoms. The quantitative estimate of drug-likeness (QED) is 0.677. The lowest BCUT2D eigenvalue weighted by atomic mass is 9.77. The molecule has 8 nitrogen and oxygen atoms in total. The molecule has 8 heteroatoms. The van der Waals surface area contributed by atoms with Gasteiger partial charge in [-0.05, 0) is 49.9 Å². The molecule has 1 fully saturated rings. The van der Waals surface area contributed by atoms with Crippen LogP contribution in [0, 0.1) is 0 Å². The van der Waals surface area contributed by atoms with Crippen LogP contribution in [0.25, 0.3) is 11.4 Å². The van der Waals surface area contributed by atoms with Crippen molar-refractivity contribution in [2.75, 3.05) is 13.1 Å². The van der Waals surface area contributed by atoms with Crippen LogP contribution in [0.5, 0.6) is 5.75 Å². The molecule has 3 aromatic heterocycles. The van der Waals surface area contributed by atoms with Gasteiger partial charge in [0.25, 0.3) is 11.5 Å². The second-order valence-electron chi connectivity index (χ2n) is 7.97. The first-order valence-corrected chi connectivity index (χ1v) is 10.0. The number of fused-ring (bicyclic) bond motifs is 2. The lowest BCUT2D eigenvalue weighted by Crippen LogP contribution is -2.48. The fraction of sp³-hybridized carbons (Fsp3) is 0.318. The monoisotopic (exact) mass is 403 g/mol. The second-order valence-corrected chi connectivity index (χ2v) is 7.97. The largest absolute Gasteiger partial charge is 0.505 e. The summed E-state index contributed by atoms with van der Waals surface area (Å²) in [6.07, 6.45) is 7.92. The molecule has 5 rings (SSSR count). The fourth-order valence-electron chi connectivity index (χ4n) is 4.70. The van der Waals surface area contributed by atoms with Gasteiger partial charge in [-0.2, -0.15) is 0 Å². The summed E-state index contributed by atoms with van der Waals surface area (Å²) in [4.78, 5) is 43.4. The summed E-state index contributed by atoms with van der Waals surface area (Å²) in [5.74, 6) is 0.0827. The molecule has 30 heavy (non-hydrogen) atoms. The number of H-pyrrole nitrogens is 1. The van der Waals surface area contributed by atoms with Gasteiger partial charge in [0.15, 0.2) is 5.69 Å². The van der Waals surface area contributed by atoms with Crippen LogP contribution >= 0.6 is 0 Å². The molecule has 0 aromatic carbocycles. The Hall–Kier alpha value is -3.55. The number of carbonyl (C=O) groups is 1. The molecular weight excluding hydrogens is 382 g/mol. The number of nitrogens with one attached hydrogen (secondary N) is 1. The summed E-state index contributed by atoms with van der Waals surface area (Å²) >= 11 is 0. The lowest BCUT2D eigenvalue weighted by Gasteiger charge is -2.40. The SMILES string of the molecule is O=C(c1ncccc1O)N1CCCC2(CCc3c2nc(-c2cccnc2)[nH]c3=O)C1. The molecule has 1 atom stereocenters. The minimum Gasteiger partial charge on any atom is -0.505 e. The molecule has 1 saturated heterocycles. The maximum atomic E-state index is 13.0. The highest BCUT2D eigenvalue weighted by molar-refractivity contribution is 5.95. The average Bonchev–Trinajstić information content (AvgIpc) is 3.12. The Labute approximate surface area is 172 Å². The number of carbonyl (C=O) groups excluding carboxylic acids is 1. The van der Waals surface area contributed by atoms with Gasteiger partial charge in [-0.1, -0.05) is 0 Å². The van der Waals surface area contributed by atoms with Crippen LogP contribution in [-0.2, 0) is 11.8 Å². The molecule has 0 bridgehead atoms. The number of pyridine rings is 2. The van der Waals surface area contributed by atoms with Gasteiger partial charge in [-0.3, -0.25) is 14.6 Å². The summed E-state index contributed by atoms with van der Waals surface area (Å²) in [7, 11) is 0. The minimum absolute atomic E-state index is 0.0580. The van der Waals surface area contributed by atoms with Crippen LogP contribution in [0.3, 0.4) is 0 Å². The number of aromatic amines is 1. The highest BCUT2D eigenvalue weighted by Crippen LogP contribution is 2.43. The number of aromatic hydroxyl groups is 1. The van der Waals surface area contributed by atoms with Crippen LogP contribution in [0.4, 0.5) is 0 Å². The molecule has 2 N–H and O–H groups in total. The Kier molecular flexibility index (Phi) is 4.34. The fourth-order valence-corrected chi connectivity index (χ4v) is 4.70. The van der Waals surface area contributed by atoms with Gasteiger partial charge in [0, 0.05) is 48.2 Å². The van der Waals surface area contributed by atoms with Gasteiger partial charge in [0.05, 0.1) is 5.69 Å². The van der Waals surface area contributed by atoms with E-state index >= 15 is 0 Å². The highest BCUT2D eigenvalue weighted by Gasteiger charge is 2.46.